The third-order valence-corrected chi connectivity index (χ3v) is 7.18. The third-order valence-electron chi connectivity index (χ3n) is 5.03. The number of hydrogen-bond donors (Lipinski definition) is 1. The van der Waals surface area contributed by atoms with Crippen molar-refractivity contribution in [2.45, 2.75) is 30.8 Å². The number of anilines is 1. The van der Waals surface area contributed by atoms with Gasteiger partial charge in [-0.25, -0.2) is 8.42 Å². The standard InChI is InChI=1S/C20H20ClF3N2O3S/c1-13-2-5-16(6-3-13)30(28,29)26-10-8-14(9-11-26)19(27)25-18-7-4-15(21)12-17(18)20(22,23)24/h2-7,12,14H,8-11H2,1H3,(H,25,27). The van der Waals surface area contributed by atoms with E-state index in [4.69, 9.17) is 11.6 Å². The summed E-state index contributed by atoms with van der Waals surface area (Å²) < 4.78 is 66.4. The Bertz CT molecular complexity index is 1030. The summed E-state index contributed by atoms with van der Waals surface area (Å²) in [6, 6.07) is 9.61. The van der Waals surface area contributed by atoms with Crippen molar-refractivity contribution < 1.29 is 26.4 Å². The maximum absolute atomic E-state index is 13.2. The van der Waals surface area contributed by atoms with Crippen LogP contribution in [0.5, 0.6) is 0 Å². The molecule has 0 aromatic heterocycles. The number of halogens is 4. The minimum atomic E-state index is -4.67. The Kier molecular flexibility index (Phi) is 6.45. The maximum Gasteiger partial charge on any atom is 0.418 e. The van der Waals surface area contributed by atoms with Gasteiger partial charge >= 0.3 is 6.18 Å². The van der Waals surface area contributed by atoms with Crippen LogP contribution in [0.4, 0.5) is 18.9 Å². The van der Waals surface area contributed by atoms with Crippen LogP contribution in [0, 0.1) is 12.8 Å². The van der Waals surface area contributed by atoms with Crippen molar-refractivity contribution in [1.82, 2.24) is 4.31 Å². The molecule has 0 unspecified atom stereocenters. The van der Waals surface area contributed by atoms with Gasteiger partial charge in [-0.1, -0.05) is 29.3 Å². The van der Waals surface area contributed by atoms with Gasteiger partial charge in [0.25, 0.3) is 0 Å². The van der Waals surface area contributed by atoms with Crippen LogP contribution in [0.25, 0.3) is 0 Å². The second kappa shape index (κ2) is 8.56. The molecule has 5 nitrogen and oxygen atoms in total. The molecule has 0 saturated carbocycles. The fourth-order valence-electron chi connectivity index (χ4n) is 3.31. The molecule has 0 radical (unpaired) electrons. The molecule has 3 rings (SSSR count). The van der Waals surface area contributed by atoms with Crippen molar-refractivity contribution in [3.8, 4) is 0 Å². The SMILES string of the molecule is Cc1ccc(S(=O)(=O)N2CCC(C(=O)Nc3ccc(Cl)cc3C(F)(F)F)CC2)cc1. The lowest BCUT2D eigenvalue weighted by Gasteiger charge is -2.30. The minimum absolute atomic E-state index is 0.0880. The molecule has 0 spiro atoms. The number of hydrogen-bond acceptors (Lipinski definition) is 3. The predicted molar refractivity (Wildman–Crippen MR) is 108 cm³/mol. The number of carbonyl (C=O) groups excluding carboxylic acids is 1. The molecule has 1 heterocycles. The number of carbonyl (C=O) groups is 1. The van der Waals surface area contributed by atoms with Gasteiger partial charge in [0.2, 0.25) is 15.9 Å². The lowest BCUT2D eigenvalue weighted by Crippen LogP contribution is -2.41. The summed E-state index contributed by atoms with van der Waals surface area (Å²) in [6.07, 6.45) is -4.24. The molecule has 10 heteroatoms. The van der Waals surface area contributed by atoms with Gasteiger partial charge in [-0.3, -0.25) is 4.79 Å². The number of rotatable bonds is 4. The van der Waals surface area contributed by atoms with Gasteiger partial charge in [0.05, 0.1) is 16.1 Å². The number of alkyl halides is 3. The van der Waals surface area contributed by atoms with E-state index in [1.807, 2.05) is 6.92 Å². The van der Waals surface area contributed by atoms with E-state index in [2.05, 4.69) is 5.32 Å². The van der Waals surface area contributed by atoms with E-state index in [0.29, 0.717) is 0 Å². The highest BCUT2D eigenvalue weighted by molar-refractivity contribution is 7.89. The van der Waals surface area contributed by atoms with Crippen LogP contribution in [0.1, 0.15) is 24.0 Å². The number of benzene rings is 2. The zero-order valence-corrected chi connectivity index (χ0v) is 17.6. The Morgan fingerprint density at radius 3 is 2.27 bits per heavy atom. The second-order valence-corrected chi connectivity index (χ2v) is 9.54. The summed E-state index contributed by atoms with van der Waals surface area (Å²) in [7, 11) is -3.68. The first kappa shape index (κ1) is 22.6. The van der Waals surface area contributed by atoms with Gasteiger partial charge in [0.15, 0.2) is 0 Å². The van der Waals surface area contributed by atoms with Crippen LogP contribution in [0.3, 0.4) is 0 Å². The monoisotopic (exact) mass is 460 g/mol. The number of amides is 1. The number of piperidine rings is 1. The highest BCUT2D eigenvalue weighted by atomic mass is 35.5. The van der Waals surface area contributed by atoms with Crippen LogP contribution in [-0.2, 0) is 21.0 Å². The largest absolute Gasteiger partial charge is 0.418 e. The van der Waals surface area contributed by atoms with Gasteiger partial charge in [-0.05, 0) is 50.1 Å². The molecule has 30 heavy (non-hydrogen) atoms. The first-order valence-electron chi connectivity index (χ1n) is 9.23. The highest BCUT2D eigenvalue weighted by Crippen LogP contribution is 2.37. The molecule has 1 amide bonds. The fraction of sp³-hybridized carbons (Fsp3) is 0.350. The van der Waals surface area contributed by atoms with E-state index in [-0.39, 0.29) is 41.5 Å². The van der Waals surface area contributed by atoms with Gasteiger partial charge in [0.1, 0.15) is 0 Å². The molecule has 2 aromatic rings. The average Bonchev–Trinajstić information content (AvgIpc) is 2.69. The molecule has 1 aliphatic heterocycles. The predicted octanol–water partition coefficient (Wildman–Crippen LogP) is 4.71. The van der Waals surface area contributed by atoms with Crippen LogP contribution >= 0.6 is 11.6 Å². The molecule has 2 aromatic carbocycles. The van der Waals surface area contributed by atoms with Crippen molar-refractivity contribution in [3.05, 3.63) is 58.6 Å². The maximum atomic E-state index is 13.2. The third kappa shape index (κ3) is 4.96. The van der Waals surface area contributed by atoms with Gasteiger partial charge in [-0.2, -0.15) is 17.5 Å². The molecule has 162 valence electrons. The Balaban J connectivity index is 1.67. The lowest BCUT2D eigenvalue weighted by molar-refractivity contribution is -0.137. The van der Waals surface area contributed by atoms with Crippen molar-refractivity contribution in [1.29, 1.82) is 0 Å². The summed E-state index contributed by atoms with van der Waals surface area (Å²) in [5, 5.41) is 2.23. The van der Waals surface area contributed by atoms with Crippen molar-refractivity contribution in [3.63, 3.8) is 0 Å². The van der Waals surface area contributed by atoms with Crippen molar-refractivity contribution >= 4 is 33.2 Å². The van der Waals surface area contributed by atoms with Crippen molar-refractivity contribution in [2.24, 2.45) is 5.92 Å². The summed E-state index contributed by atoms with van der Waals surface area (Å²) >= 11 is 5.65. The second-order valence-electron chi connectivity index (χ2n) is 7.17. The number of sulfonamides is 1. The molecule has 1 N–H and O–H groups in total. The lowest BCUT2D eigenvalue weighted by atomic mass is 9.97. The van der Waals surface area contributed by atoms with E-state index in [0.717, 1.165) is 17.7 Å². The molecule has 1 aliphatic rings. The molecule has 1 saturated heterocycles. The quantitative estimate of drug-likeness (QED) is 0.718. The van der Waals surface area contributed by atoms with Crippen LogP contribution in [0.2, 0.25) is 5.02 Å². The topological polar surface area (TPSA) is 66.5 Å². The molecular weight excluding hydrogens is 441 g/mol. The number of aryl methyl sites for hydroxylation is 1. The summed E-state index contributed by atoms with van der Waals surface area (Å²) in [4.78, 5) is 12.7. The van der Waals surface area contributed by atoms with E-state index in [1.165, 1.54) is 22.5 Å². The zero-order valence-electron chi connectivity index (χ0n) is 16.0. The summed E-state index contributed by atoms with van der Waals surface area (Å²) in [5.74, 6) is -1.17. The Morgan fingerprint density at radius 2 is 1.70 bits per heavy atom. The molecule has 0 bridgehead atoms. The van der Waals surface area contributed by atoms with Crippen LogP contribution in [-0.4, -0.2) is 31.7 Å². The summed E-state index contributed by atoms with van der Waals surface area (Å²) in [6.45, 7) is 2.08. The minimum Gasteiger partial charge on any atom is -0.325 e. The molecule has 1 fully saturated rings. The van der Waals surface area contributed by atoms with E-state index >= 15 is 0 Å². The average molecular weight is 461 g/mol. The number of nitrogens with zero attached hydrogens (tertiary/aromatic N) is 1. The zero-order chi connectivity index (χ0) is 22.1. The smallest absolute Gasteiger partial charge is 0.325 e. The number of nitrogens with one attached hydrogen (secondary N) is 1. The Hall–Kier alpha value is -2.10. The Labute approximate surface area is 177 Å². The first-order valence-corrected chi connectivity index (χ1v) is 11.0. The van der Waals surface area contributed by atoms with Crippen molar-refractivity contribution in [2.75, 3.05) is 18.4 Å². The highest BCUT2D eigenvalue weighted by Gasteiger charge is 2.36. The molecule has 0 aliphatic carbocycles. The van der Waals surface area contributed by atoms with E-state index in [1.54, 1.807) is 12.1 Å². The van der Waals surface area contributed by atoms with Gasteiger partial charge in [0, 0.05) is 24.0 Å². The van der Waals surface area contributed by atoms with Crippen LogP contribution < -0.4 is 5.32 Å². The first-order chi connectivity index (χ1) is 14.0. The molecular formula is C20H20ClF3N2O3S. The van der Waals surface area contributed by atoms with E-state index < -0.39 is 33.6 Å². The van der Waals surface area contributed by atoms with Gasteiger partial charge in [-0.15, -0.1) is 0 Å². The molecule has 0 atom stereocenters. The summed E-state index contributed by atoms with van der Waals surface area (Å²) in [5.41, 5.74) is -0.459. The Morgan fingerprint density at radius 1 is 1.10 bits per heavy atom. The fourth-order valence-corrected chi connectivity index (χ4v) is 4.95. The van der Waals surface area contributed by atoms with Gasteiger partial charge < -0.3 is 5.32 Å². The van der Waals surface area contributed by atoms with E-state index in [9.17, 15) is 26.4 Å². The van der Waals surface area contributed by atoms with Crippen LogP contribution in [0.15, 0.2) is 47.4 Å². The normalized spacial score (nSPS) is 16.4.